The highest BCUT2D eigenvalue weighted by atomic mass is 31.2. The fourth-order valence-electron chi connectivity index (χ4n) is 1.13. The summed E-state index contributed by atoms with van der Waals surface area (Å²) in [5, 5.41) is 2.20. The van der Waals surface area contributed by atoms with Crippen molar-refractivity contribution in [3.63, 3.8) is 0 Å². The Morgan fingerprint density at radius 1 is 1.50 bits per heavy atom. The molecule has 1 unspecified atom stereocenters. The van der Waals surface area contributed by atoms with Crippen LogP contribution in [0.2, 0.25) is 0 Å². The Bertz CT molecular complexity index is 379. The Hall–Kier alpha value is -1.40. The molecule has 9 heteroatoms. The third-order valence-corrected chi connectivity index (χ3v) is 2.57. The van der Waals surface area contributed by atoms with Crippen molar-refractivity contribution in [1.29, 1.82) is 0 Å². The average molecular weight is 251 g/mol. The first-order chi connectivity index (χ1) is 7.30. The first-order valence-electron chi connectivity index (χ1n) is 4.36. The number of phosphoric acid groups is 1. The second kappa shape index (κ2) is 4.63. The van der Waals surface area contributed by atoms with Gasteiger partial charge in [0.1, 0.15) is 6.04 Å². The van der Waals surface area contributed by atoms with E-state index < -0.39 is 31.7 Å². The Kier molecular flexibility index (Phi) is 3.66. The second-order valence-electron chi connectivity index (χ2n) is 3.13. The van der Waals surface area contributed by atoms with Crippen molar-refractivity contribution >= 4 is 25.7 Å². The van der Waals surface area contributed by atoms with E-state index in [0.29, 0.717) is 0 Å². The number of phosphoric ester groups is 1. The molecular formula is C7H10NO7P. The molecule has 1 aliphatic heterocycles. The van der Waals surface area contributed by atoms with Crippen LogP contribution in [0.4, 0.5) is 0 Å². The molecule has 2 N–H and O–H groups in total. The summed E-state index contributed by atoms with van der Waals surface area (Å²) in [5.74, 6) is -2.58. The van der Waals surface area contributed by atoms with E-state index in [1.807, 2.05) is 0 Å². The molecule has 1 aliphatic rings. The van der Waals surface area contributed by atoms with Gasteiger partial charge >= 0.3 is 19.8 Å². The molecule has 0 radical (unpaired) electrons. The maximum atomic E-state index is 11.3. The maximum Gasteiger partial charge on any atom is 0.589 e. The van der Waals surface area contributed by atoms with E-state index in [4.69, 9.17) is 4.89 Å². The molecule has 0 aromatic heterocycles. The number of hydrogen-bond donors (Lipinski definition) is 2. The quantitative estimate of drug-likeness (QED) is 0.601. The number of amides is 1. The topological polar surface area (TPSA) is 119 Å². The fraction of sp³-hybridized carbons (Fsp3) is 0.571. The number of hydrogen-bond acceptors (Lipinski definition) is 6. The molecule has 0 aromatic rings. The van der Waals surface area contributed by atoms with Crippen LogP contribution in [0.3, 0.4) is 0 Å². The van der Waals surface area contributed by atoms with Gasteiger partial charge in [0.25, 0.3) is 0 Å². The molecule has 0 saturated carbocycles. The SMILES string of the molecule is CC(=O)N[C@H]1CCC(=O)OP(=O)(O)OC1=O. The molecule has 0 bridgehead atoms. The van der Waals surface area contributed by atoms with Gasteiger partial charge in [0.15, 0.2) is 0 Å². The second-order valence-corrected chi connectivity index (χ2v) is 4.44. The van der Waals surface area contributed by atoms with Crippen LogP contribution in [0, 0.1) is 0 Å². The Labute approximate surface area is 90.5 Å². The summed E-state index contributed by atoms with van der Waals surface area (Å²) in [6, 6.07) is -1.12. The molecule has 0 aliphatic carbocycles. The van der Waals surface area contributed by atoms with Crippen LogP contribution in [-0.2, 0) is 28.0 Å². The van der Waals surface area contributed by atoms with E-state index in [9.17, 15) is 18.9 Å². The van der Waals surface area contributed by atoms with Gasteiger partial charge in [-0.05, 0) is 6.42 Å². The minimum Gasteiger partial charge on any atom is -0.361 e. The van der Waals surface area contributed by atoms with Crippen molar-refractivity contribution in [2.45, 2.75) is 25.8 Å². The summed E-state index contributed by atoms with van der Waals surface area (Å²) < 4.78 is 19.1. The van der Waals surface area contributed by atoms with Crippen molar-refractivity contribution in [2.24, 2.45) is 0 Å². The van der Waals surface area contributed by atoms with Gasteiger partial charge in [0.05, 0.1) is 0 Å². The highest BCUT2D eigenvalue weighted by molar-refractivity contribution is 7.48. The standard InChI is InChI=1S/C7H10NO7P/c1-4(9)8-5-2-3-6(10)14-16(12,13)15-7(5)11/h5H,2-3H2,1H3,(H,8,9)(H,12,13)/t5-/m0/s1. The third-order valence-electron chi connectivity index (χ3n) is 1.72. The van der Waals surface area contributed by atoms with Crippen molar-refractivity contribution < 1.29 is 32.9 Å². The molecule has 16 heavy (non-hydrogen) atoms. The van der Waals surface area contributed by atoms with Gasteiger partial charge in [-0.1, -0.05) is 0 Å². The van der Waals surface area contributed by atoms with Gasteiger partial charge in [-0.25, -0.2) is 9.36 Å². The van der Waals surface area contributed by atoms with E-state index in [1.165, 1.54) is 6.92 Å². The lowest BCUT2D eigenvalue weighted by Crippen LogP contribution is -2.41. The van der Waals surface area contributed by atoms with E-state index in [2.05, 4.69) is 14.4 Å². The Morgan fingerprint density at radius 2 is 2.12 bits per heavy atom. The van der Waals surface area contributed by atoms with Gasteiger partial charge in [0, 0.05) is 13.3 Å². The van der Waals surface area contributed by atoms with Gasteiger partial charge in [-0.2, -0.15) is 0 Å². The Morgan fingerprint density at radius 3 is 2.69 bits per heavy atom. The molecule has 2 atom stereocenters. The van der Waals surface area contributed by atoms with E-state index in [-0.39, 0.29) is 12.8 Å². The van der Waals surface area contributed by atoms with Crippen LogP contribution >= 0.6 is 7.82 Å². The molecule has 90 valence electrons. The predicted molar refractivity (Wildman–Crippen MR) is 48.8 cm³/mol. The monoisotopic (exact) mass is 251 g/mol. The van der Waals surface area contributed by atoms with Crippen LogP contribution in [0.25, 0.3) is 0 Å². The van der Waals surface area contributed by atoms with Crippen LogP contribution in [0.1, 0.15) is 19.8 Å². The number of carbonyl (C=O) groups is 3. The number of carbonyl (C=O) groups excluding carboxylic acids is 3. The van der Waals surface area contributed by atoms with E-state index in [0.717, 1.165) is 0 Å². The van der Waals surface area contributed by atoms with Gasteiger partial charge in [0.2, 0.25) is 5.91 Å². The molecule has 1 saturated heterocycles. The summed E-state index contributed by atoms with van der Waals surface area (Å²) in [7, 11) is -4.70. The lowest BCUT2D eigenvalue weighted by Gasteiger charge is -2.20. The van der Waals surface area contributed by atoms with Crippen LogP contribution < -0.4 is 5.32 Å². The lowest BCUT2D eigenvalue weighted by molar-refractivity contribution is -0.146. The molecule has 8 nitrogen and oxygen atoms in total. The highest BCUT2D eigenvalue weighted by Crippen LogP contribution is 2.45. The smallest absolute Gasteiger partial charge is 0.361 e. The summed E-state index contributed by atoms with van der Waals surface area (Å²) in [6.45, 7) is 1.17. The molecule has 1 heterocycles. The lowest BCUT2D eigenvalue weighted by atomic mass is 10.1. The first kappa shape index (κ1) is 12.7. The zero-order chi connectivity index (χ0) is 12.3. The summed E-state index contributed by atoms with van der Waals surface area (Å²) in [4.78, 5) is 41.9. The summed E-state index contributed by atoms with van der Waals surface area (Å²) in [5.41, 5.74) is 0. The molecule has 0 aromatic carbocycles. The molecule has 0 spiro atoms. The van der Waals surface area contributed by atoms with Crippen molar-refractivity contribution in [2.75, 3.05) is 0 Å². The van der Waals surface area contributed by atoms with E-state index in [1.54, 1.807) is 0 Å². The van der Waals surface area contributed by atoms with Gasteiger partial charge in [-0.15, -0.1) is 0 Å². The van der Waals surface area contributed by atoms with Crippen LogP contribution in [-0.4, -0.2) is 28.8 Å². The van der Waals surface area contributed by atoms with Gasteiger partial charge in [-0.3, -0.25) is 14.5 Å². The fourth-order valence-corrected chi connectivity index (χ4v) is 1.87. The van der Waals surface area contributed by atoms with Gasteiger partial charge < -0.3 is 14.4 Å². The maximum absolute atomic E-state index is 11.3. The molecular weight excluding hydrogens is 241 g/mol. The Balaban J connectivity index is 2.80. The van der Waals surface area contributed by atoms with Crippen molar-refractivity contribution in [1.82, 2.24) is 5.32 Å². The molecule has 1 amide bonds. The van der Waals surface area contributed by atoms with Crippen LogP contribution in [0.15, 0.2) is 0 Å². The normalized spacial score (nSPS) is 30.8. The highest BCUT2D eigenvalue weighted by Gasteiger charge is 2.37. The zero-order valence-electron chi connectivity index (χ0n) is 8.34. The summed E-state index contributed by atoms with van der Waals surface area (Å²) in [6.07, 6.45) is -0.304. The van der Waals surface area contributed by atoms with Crippen molar-refractivity contribution in [3.8, 4) is 0 Å². The molecule has 1 rings (SSSR count). The average Bonchev–Trinajstić information content (AvgIpc) is 2.08. The zero-order valence-corrected chi connectivity index (χ0v) is 9.23. The minimum atomic E-state index is -4.70. The van der Waals surface area contributed by atoms with E-state index >= 15 is 0 Å². The number of rotatable bonds is 1. The summed E-state index contributed by atoms with van der Waals surface area (Å²) >= 11 is 0. The van der Waals surface area contributed by atoms with Crippen LogP contribution in [0.5, 0.6) is 0 Å². The number of nitrogens with one attached hydrogen (secondary N) is 1. The van der Waals surface area contributed by atoms with Crippen molar-refractivity contribution in [3.05, 3.63) is 0 Å². The first-order valence-corrected chi connectivity index (χ1v) is 5.85. The molecule has 1 fully saturated rings. The third kappa shape index (κ3) is 3.63. The minimum absolute atomic E-state index is 0.0444. The largest absolute Gasteiger partial charge is 0.589 e. The predicted octanol–water partition coefficient (Wildman–Crippen LogP) is -0.528.